The normalized spacial score (nSPS) is 24.0. The highest BCUT2D eigenvalue weighted by Crippen LogP contribution is 2.34. The van der Waals surface area contributed by atoms with Crippen molar-refractivity contribution in [3.63, 3.8) is 0 Å². The Kier molecular flexibility index (Phi) is 4.76. The van der Waals surface area contributed by atoms with Crippen LogP contribution < -0.4 is 14.8 Å². The number of hydrogen-bond acceptors (Lipinski definition) is 4. The van der Waals surface area contributed by atoms with E-state index in [1.165, 1.54) is 11.1 Å². The molecule has 1 aromatic carbocycles. The van der Waals surface area contributed by atoms with Gasteiger partial charge in [-0.25, -0.2) is 0 Å². The van der Waals surface area contributed by atoms with E-state index in [0.717, 1.165) is 43.9 Å². The van der Waals surface area contributed by atoms with Crippen molar-refractivity contribution in [2.45, 2.75) is 38.8 Å². The minimum atomic E-state index is 0.102. The molecule has 5 heteroatoms. The maximum atomic E-state index is 12.9. The second kappa shape index (κ2) is 6.79. The largest absolute Gasteiger partial charge is 0.493 e. The zero-order chi connectivity index (χ0) is 16.4. The van der Waals surface area contributed by atoms with Gasteiger partial charge in [-0.15, -0.1) is 0 Å². The van der Waals surface area contributed by atoms with E-state index in [1.54, 1.807) is 14.2 Å². The van der Waals surface area contributed by atoms with E-state index in [9.17, 15) is 4.79 Å². The molecule has 126 valence electrons. The van der Waals surface area contributed by atoms with Gasteiger partial charge in [0.25, 0.3) is 0 Å². The number of fused-ring (bicyclic) bond motifs is 1. The number of nitrogens with zero attached hydrogens (tertiary/aromatic N) is 1. The van der Waals surface area contributed by atoms with Crippen LogP contribution >= 0.6 is 0 Å². The van der Waals surface area contributed by atoms with Crippen molar-refractivity contribution < 1.29 is 14.3 Å². The van der Waals surface area contributed by atoms with Crippen LogP contribution in [0.4, 0.5) is 0 Å². The Labute approximate surface area is 137 Å². The SMILES string of the molecule is COc1cc2c(cc1OC)CN(C(=O)C1CCCNC1C)CC2. The van der Waals surface area contributed by atoms with Gasteiger partial charge >= 0.3 is 0 Å². The van der Waals surface area contributed by atoms with Crippen LogP contribution in [0.3, 0.4) is 0 Å². The van der Waals surface area contributed by atoms with E-state index in [4.69, 9.17) is 9.47 Å². The van der Waals surface area contributed by atoms with Gasteiger partial charge in [0, 0.05) is 19.1 Å². The van der Waals surface area contributed by atoms with Gasteiger partial charge in [-0.3, -0.25) is 4.79 Å². The number of methoxy groups -OCH3 is 2. The summed E-state index contributed by atoms with van der Waals surface area (Å²) < 4.78 is 10.8. The molecule has 2 unspecified atom stereocenters. The quantitative estimate of drug-likeness (QED) is 0.926. The molecule has 1 fully saturated rings. The zero-order valence-electron chi connectivity index (χ0n) is 14.2. The lowest BCUT2D eigenvalue weighted by Crippen LogP contribution is -2.49. The maximum absolute atomic E-state index is 12.9. The van der Waals surface area contributed by atoms with Crippen molar-refractivity contribution in [2.75, 3.05) is 27.3 Å². The van der Waals surface area contributed by atoms with Gasteiger partial charge in [0.15, 0.2) is 11.5 Å². The molecule has 0 bridgehead atoms. The summed E-state index contributed by atoms with van der Waals surface area (Å²) in [7, 11) is 3.30. The molecule has 2 atom stereocenters. The van der Waals surface area contributed by atoms with Crippen molar-refractivity contribution in [3.05, 3.63) is 23.3 Å². The molecule has 5 nitrogen and oxygen atoms in total. The average Bonchev–Trinajstić information content (AvgIpc) is 2.59. The van der Waals surface area contributed by atoms with Crippen molar-refractivity contribution in [1.82, 2.24) is 10.2 Å². The Morgan fingerprint density at radius 1 is 1.22 bits per heavy atom. The van der Waals surface area contributed by atoms with E-state index >= 15 is 0 Å². The second-order valence-corrected chi connectivity index (χ2v) is 6.48. The number of nitrogens with one attached hydrogen (secondary N) is 1. The summed E-state index contributed by atoms with van der Waals surface area (Å²) in [6.45, 7) is 4.58. The number of benzene rings is 1. The molecule has 1 saturated heterocycles. The molecule has 1 amide bonds. The number of amides is 1. The van der Waals surface area contributed by atoms with Crippen LogP contribution in [-0.4, -0.2) is 44.2 Å². The number of rotatable bonds is 3. The monoisotopic (exact) mass is 318 g/mol. The summed E-state index contributed by atoms with van der Waals surface area (Å²) in [6.07, 6.45) is 2.94. The van der Waals surface area contributed by atoms with E-state index < -0.39 is 0 Å². The standard InChI is InChI=1S/C18H26N2O3/c1-12-15(5-4-7-19-12)18(21)20-8-6-13-9-16(22-2)17(23-3)10-14(13)11-20/h9-10,12,15,19H,4-8,11H2,1-3H3. The summed E-state index contributed by atoms with van der Waals surface area (Å²) >= 11 is 0. The zero-order valence-corrected chi connectivity index (χ0v) is 14.2. The van der Waals surface area contributed by atoms with E-state index in [0.29, 0.717) is 6.54 Å². The number of carbonyl (C=O) groups is 1. The smallest absolute Gasteiger partial charge is 0.227 e. The van der Waals surface area contributed by atoms with Crippen LogP contribution in [0.15, 0.2) is 12.1 Å². The van der Waals surface area contributed by atoms with Crippen molar-refractivity contribution in [1.29, 1.82) is 0 Å². The maximum Gasteiger partial charge on any atom is 0.227 e. The van der Waals surface area contributed by atoms with E-state index in [-0.39, 0.29) is 17.9 Å². The summed E-state index contributed by atoms with van der Waals surface area (Å²) in [6, 6.07) is 4.32. The molecule has 2 aliphatic heterocycles. The van der Waals surface area contributed by atoms with Crippen LogP contribution in [0.2, 0.25) is 0 Å². The van der Waals surface area contributed by atoms with Crippen LogP contribution in [0, 0.1) is 5.92 Å². The number of ether oxygens (including phenoxy) is 2. The second-order valence-electron chi connectivity index (χ2n) is 6.48. The fourth-order valence-corrected chi connectivity index (χ4v) is 3.69. The topological polar surface area (TPSA) is 50.8 Å². The highest BCUT2D eigenvalue weighted by molar-refractivity contribution is 5.80. The number of piperidine rings is 1. The Bertz CT molecular complexity index is 588. The Morgan fingerprint density at radius 2 is 1.91 bits per heavy atom. The third-order valence-corrected chi connectivity index (χ3v) is 5.11. The van der Waals surface area contributed by atoms with Gasteiger partial charge < -0.3 is 19.7 Å². The molecule has 23 heavy (non-hydrogen) atoms. The molecular weight excluding hydrogens is 292 g/mol. The first-order chi connectivity index (χ1) is 11.1. The average molecular weight is 318 g/mol. The summed E-state index contributed by atoms with van der Waals surface area (Å²) in [5, 5.41) is 3.42. The van der Waals surface area contributed by atoms with E-state index in [1.807, 2.05) is 17.0 Å². The Balaban J connectivity index is 1.78. The van der Waals surface area contributed by atoms with Gasteiger partial charge in [0.05, 0.1) is 20.1 Å². The van der Waals surface area contributed by atoms with Crippen LogP contribution in [0.25, 0.3) is 0 Å². The third kappa shape index (κ3) is 3.15. The molecule has 0 aliphatic carbocycles. The predicted octanol–water partition coefficient (Wildman–Crippen LogP) is 1.98. The Morgan fingerprint density at radius 3 is 2.57 bits per heavy atom. The fourth-order valence-electron chi connectivity index (χ4n) is 3.69. The molecule has 2 aliphatic rings. The minimum absolute atomic E-state index is 0.102. The van der Waals surface area contributed by atoms with Gasteiger partial charge in [-0.05, 0) is 56.0 Å². The van der Waals surface area contributed by atoms with E-state index in [2.05, 4.69) is 12.2 Å². The van der Waals surface area contributed by atoms with Gasteiger partial charge in [0.2, 0.25) is 5.91 Å². The fraction of sp³-hybridized carbons (Fsp3) is 0.611. The first kappa shape index (κ1) is 16.1. The van der Waals surface area contributed by atoms with Crippen LogP contribution in [0.5, 0.6) is 11.5 Å². The van der Waals surface area contributed by atoms with Crippen molar-refractivity contribution >= 4 is 5.91 Å². The molecular formula is C18H26N2O3. The highest BCUT2D eigenvalue weighted by atomic mass is 16.5. The van der Waals surface area contributed by atoms with Gasteiger partial charge in [0.1, 0.15) is 0 Å². The summed E-state index contributed by atoms with van der Waals surface area (Å²) in [5.41, 5.74) is 2.42. The molecule has 0 saturated carbocycles. The lowest BCUT2D eigenvalue weighted by Gasteiger charge is -2.36. The lowest BCUT2D eigenvalue weighted by atomic mass is 9.89. The van der Waals surface area contributed by atoms with Gasteiger partial charge in [-0.1, -0.05) is 0 Å². The van der Waals surface area contributed by atoms with Crippen LogP contribution in [0.1, 0.15) is 30.9 Å². The molecule has 1 aromatic rings. The van der Waals surface area contributed by atoms with Crippen LogP contribution in [-0.2, 0) is 17.8 Å². The summed E-state index contributed by atoms with van der Waals surface area (Å²) in [5.74, 6) is 1.87. The predicted molar refractivity (Wildman–Crippen MR) is 88.9 cm³/mol. The summed E-state index contributed by atoms with van der Waals surface area (Å²) in [4.78, 5) is 14.9. The number of carbonyl (C=O) groups excluding carboxylic acids is 1. The number of hydrogen-bond donors (Lipinski definition) is 1. The minimum Gasteiger partial charge on any atom is -0.493 e. The molecule has 0 spiro atoms. The Hall–Kier alpha value is -1.75. The third-order valence-electron chi connectivity index (χ3n) is 5.11. The molecule has 0 radical (unpaired) electrons. The lowest BCUT2D eigenvalue weighted by molar-refractivity contribution is -0.138. The molecule has 3 rings (SSSR count). The first-order valence-corrected chi connectivity index (χ1v) is 8.40. The van der Waals surface area contributed by atoms with Crippen molar-refractivity contribution in [2.24, 2.45) is 5.92 Å². The molecule has 1 N–H and O–H groups in total. The first-order valence-electron chi connectivity index (χ1n) is 8.40. The van der Waals surface area contributed by atoms with Gasteiger partial charge in [-0.2, -0.15) is 0 Å². The highest BCUT2D eigenvalue weighted by Gasteiger charge is 2.32. The molecule has 0 aromatic heterocycles. The molecule has 2 heterocycles. The van der Waals surface area contributed by atoms with Crippen molar-refractivity contribution in [3.8, 4) is 11.5 Å².